The van der Waals surface area contributed by atoms with E-state index in [9.17, 15) is 15.2 Å². The van der Waals surface area contributed by atoms with Gasteiger partial charge < -0.3 is 15.2 Å². The molecule has 0 saturated heterocycles. The third-order valence-electron chi connectivity index (χ3n) is 3.12. The van der Waals surface area contributed by atoms with Gasteiger partial charge in [-0.1, -0.05) is 34.8 Å². The van der Waals surface area contributed by atoms with Crippen LogP contribution in [0.25, 0.3) is 6.08 Å². The van der Waals surface area contributed by atoms with Crippen molar-refractivity contribution >= 4 is 52.5 Å². The number of ether oxygens (including phenoxy) is 1. The lowest BCUT2D eigenvalue weighted by Gasteiger charge is -2.08. The fourth-order valence-electron chi connectivity index (χ4n) is 1.93. The number of nitrogens with zero attached hydrogens (tertiary/aromatic N) is 1. The summed E-state index contributed by atoms with van der Waals surface area (Å²) in [6, 6.07) is 9.22. The summed E-state index contributed by atoms with van der Waals surface area (Å²) >= 11 is 17.8. The number of nitriles is 1. The molecule has 5 nitrogen and oxygen atoms in total. The van der Waals surface area contributed by atoms with Crippen LogP contribution in [-0.2, 0) is 4.79 Å². The molecule has 0 bridgehead atoms. The minimum Gasteiger partial charge on any atom is -0.503 e. The Hall–Kier alpha value is -2.39. The number of benzene rings is 2. The van der Waals surface area contributed by atoms with E-state index in [-0.39, 0.29) is 32.8 Å². The SMILES string of the molecule is COc1cc(/C=C(\C#N)C(=O)Nc2cc(Cl)ccc2Cl)cc(Cl)c1O. The van der Waals surface area contributed by atoms with Crippen molar-refractivity contribution in [3.63, 3.8) is 0 Å². The van der Waals surface area contributed by atoms with E-state index in [2.05, 4.69) is 5.32 Å². The summed E-state index contributed by atoms with van der Waals surface area (Å²) in [7, 11) is 1.36. The number of nitrogens with one attached hydrogen (secondary N) is 1. The summed E-state index contributed by atoms with van der Waals surface area (Å²) in [6.45, 7) is 0. The highest BCUT2D eigenvalue weighted by atomic mass is 35.5. The number of halogens is 3. The van der Waals surface area contributed by atoms with E-state index in [4.69, 9.17) is 39.5 Å². The number of methoxy groups -OCH3 is 1. The Morgan fingerprint density at radius 2 is 1.96 bits per heavy atom. The first-order chi connectivity index (χ1) is 11.8. The first kappa shape index (κ1) is 18.9. The molecule has 2 aromatic carbocycles. The van der Waals surface area contributed by atoms with E-state index >= 15 is 0 Å². The molecule has 0 atom stereocenters. The second kappa shape index (κ2) is 8.13. The first-order valence-electron chi connectivity index (χ1n) is 6.80. The summed E-state index contributed by atoms with van der Waals surface area (Å²) in [6.07, 6.45) is 1.31. The highest BCUT2D eigenvalue weighted by Crippen LogP contribution is 2.35. The number of rotatable bonds is 4. The molecule has 1 amide bonds. The zero-order valence-corrected chi connectivity index (χ0v) is 15.1. The van der Waals surface area contributed by atoms with E-state index in [1.807, 2.05) is 0 Å². The number of phenols is 1. The van der Waals surface area contributed by atoms with Crippen molar-refractivity contribution in [3.8, 4) is 17.6 Å². The number of carbonyl (C=O) groups is 1. The van der Waals surface area contributed by atoms with E-state index in [0.717, 1.165) is 0 Å². The van der Waals surface area contributed by atoms with Crippen molar-refractivity contribution in [2.45, 2.75) is 0 Å². The molecule has 0 radical (unpaired) electrons. The van der Waals surface area contributed by atoms with Gasteiger partial charge in [0.2, 0.25) is 0 Å². The molecule has 2 rings (SSSR count). The van der Waals surface area contributed by atoms with Gasteiger partial charge in [0.25, 0.3) is 5.91 Å². The van der Waals surface area contributed by atoms with Crippen LogP contribution >= 0.6 is 34.8 Å². The Labute approximate surface area is 159 Å². The molecule has 2 N–H and O–H groups in total. The summed E-state index contributed by atoms with van der Waals surface area (Å²) in [5.41, 5.74) is 0.491. The molecule has 0 unspecified atom stereocenters. The highest BCUT2D eigenvalue weighted by Gasteiger charge is 2.14. The maximum atomic E-state index is 12.3. The maximum absolute atomic E-state index is 12.3. The largest absolute Gasteiger partial charge is 0.503 e. The van der Waals surface area contributed by atoms with Gasteiger partial charge in [0.1, 0.15) is 11.6 Å². The van der Waals surface area contributed by atoms with Crippen LogP contribution in [0.1, 0.15) is 5.56 Å². The average Bonchev–Trinajstić information content (AvgIpc) is 2.58. The molecule has 0 aliphatic rings. The molecule has 25 heavy (non-hydrogen) atoms. The number of hydrogen-bond donors (Lipinski definition) is 2. The van der Waals surface area contributed by atoms with Crippen molar-refractivity contribution in [2.24, 2.45) is 0 Å². The van der Waals surface area contributed by atoms with E-state index in [0.29, 0.717) is 10.6 Å². The fourth-order valence-corrected chi connectivity index (χ4v) is 2.49. The second-order valence-corrected chi connectivity index (χ2v) is 6.05. The van der Waals surface area contributed by atoms with Gasteiger partial charge >= 0.3 is 0 Å². The molecule has 2 aromatic rings. The highest BCUT2D eigenvalue weighted by molar-refractivity contribution is 6.36. The molecule has 0 aliphatic heterocycles. The molecule has 0 saturated carbocycles. The van der Waals surface area contributed by atoms with Crippen LogP contribution in [0.5, 0.6) is 11.5 Å². The van der Waals surface area contributed by atoms with Crippen molar-refractivity contribution in [3.05, 3.63) is 56.5 Å². The fraction of sp³-hybridized carbons (Fsp3) is 0.0588. The zero-order chi connectivity index (χ0) is 18.6. The third kappa shape index (κ3) is 4.58. The van der Waals surface area contributed by atoms with Crippen molar-refractivity contribution in [2.75, 3.05) is 12.4 Å². The first-order valence-corrected chi connectivity index (χ1v) is 7.93. The summed E-state index contributed by atoms with van der Waals surface area (Å²) in [5, 5.41) is 22.2. The molecule has 0 heterocycles. The topological polar surface area (TPSA) is 82.3 Å². The van der Waals surface area contributed by atoms with Crippen LogP contribution in [-0.4, -0.2) is 18.1 Å². The van der Waals surface area contributed by atoms with Gasteiger partial charge in [-0.15, -0.1) is 0 Å². The minimum atomic E-state index is -0.671. The number of hydrogen-bond acceptors (Lipinski definition) is 4. The Balaban J connectivity index is 2.34. The molecule has 0 aromatic heterocycles. The molecular weight excluding hydrogens is 387 g/mol. The van der Waals surface area contributed by atoms with Crippen LogP contribution in [0.15, 0.2) is 35.9 Å². The maximum Gasteiger partial charge on any atom is 0.266 e. The molecule has 0 aliphatic carbocycles. The molecule has 0 fully saturated rings. The van der Waals surface area contributed by atoms with Gasteiger partial charge in [-0.05, 0) is 42.0 Å². The van der Waals surface area contributed by atoms with E-state index < -0.39 is 5.91 Å². The number of anilines is 1. The minimum absolute atomic E-state index is 0.0289. The van der Waals surface area contributed by atoms with Crippen LogP contribution in [0, 0.1) is 11.3 Å². The van der Waals surface area contributed by atoms with E-state index in [1.54, 1.807) is 12.1 Å². The summed E-state index contributed by atoms with van der Waals surface area (Å²) in [4.78, 5) is 12.3. The third-order valence-corrected chi connectivity index (χ3v) is 3.98. The standard InChI is InChI=1S/C17H11Cl3N2O3/c1-25-15-6-9(5-13(20)16(15)23)4-10(8-21)17(24)22-14-7-11(18)2-3-12(14)19/h2-7,23H,1H3,(H,22,24)/b10-4+. The smallest absolute Gasteiger partial charge is 0.266 e. The predicted octanol–water partition coefficient (Wildman–Crippen LogP) is 4.91. The lowest BCUT2D eigenvalue weighted by molar-refractivity contribution is -0.112. The van der Waals surface area contributed by atoms with Gasteiger partial charge in [-0.2, -0.15) is 5.26 Å². The number of carbonyl (C=O) groups excluding carboxylic acids is 1. The van der Waals surface area contributed by atoms with Crippen LogP contribution in [0.2, 0.25) is 15.1 Å². The number of aromatic hydroxyl groups is 1. The monoisotopic (exact) mass is 396 g/mol. The second-order valence-electron chi connectivity index (χ2n) is 4.80. The predicted molar refractivity (Wildman–Crippen MR) is 98.4 cm³/mol. The molecule has 8 heteroatoms. The van der Waals surface area contributed by atoms with Crippen LogP contribution < -0.4 is 10.1 Å². The zero-order valence-electron chi connectivity index (χ0n) is 12.8. The Morgan fingerprint density at radius 1 is 1.24 bits per heavy atom. The summed E-state index contributed by atoms with van der Waals surface area (Å²) < 4.78 is 4.99. The number of phenolic OH excluding ortho intramolecular Hbond substituents is 1. The van der Waals surface area contributed by atoms with Crippen LogP contribution in [0.3, 0.4) is 0 Å². The average molecular weight is 398 g/mol. The van der Waals surface area contributed by atoms with Crippen LogP contribution in [0.4, 0.5) is 5.69 Å². The van der Waals surface area contributed by atoms with Crippen molar-refractivity contribution < 1.29 is 14.6 Å². The Bertz CT molecular complexity index is 905. The van der Waals surface area contributed by atoms with Gasteiger partial charge in [0.15, 0.2) is 11.5 Å². The molecule has 0 spiro atoms. The summed E-state index contributed by atoms with van der Waals surface area (Å²) in [5.74, 6) is -0.779. The van der Waals surface area contributed by atoms with Crippen molar-refractivity contribution in [1.82, 2.24) is 0 Å². The number of amides is 1. The Kier molecular flexibility index (Phi) is 6.16. The van der Waals surface area contributed by atoms with Gasteiger partial charge in [0, 0.05) is 5.02 Å². The molecular formula is C17H11Cl3N2O3. The quantitative estimate of drug-likeness (QED) is 0.567. The van der Waals surface area contributed by atoms with Gasteiger partial charge in [-0.3, -0.25) is 4.79 Å². The van der Waals surface area contributed by atoms with Crippen molar-refractivity contribution in [1.29, 1.82) is 5.26 Å². The normalized spacial score (nSPS) is 10.9. The molecule has 128 valence electrons. The van der Waals surface area contributed by atoms with Gasteiger partial charge in [0.05, 0.1) is 22.8 Å². The van der Waals surface area contributed by atoms with Gasteiger partial charge in [-0.25, -0.2) is 0 Å². The lowest BCUT2D eigenvalue weighted by Crippen LogP contribution is -2.13. The van der Waals surface area contributed by atoms with E-state index in [1.165, 1.54) is 37.5 Å². The Morgan fingerprint density at radius 3 is 2.60 bits per heavy atom. The lowest BCUT2D eigenvalue weighted by atomic mass is 10.1.